The standard InChI is InChI=1S/C21H32N.BrH/c1-2-3-4-5-6-7-8-9-10-13-18-22-19-14-16-20-15-11-12-17-21(20)22;/h11-12,14-17,19H,2-10,13,18H2,1H3;1H/q+1;/p-1. The molecule has 1 aromatic heterocycles. The van der Waals surface area contributed by atoms with Gasteiger partial charge in [-0.15, -0.1) is 0 Å². The Bertz CT molecular complexity index is 533. The molecule has 23 heavy (non-hydrogen) atoms. The number of aryl methyl sites for hydroxylation is 1. The van der Waals surface area contributed by atoms with E-state index in [1.54, 1.807) is 0 Å². The van der Waals surface area contributed by atoms with Crippen molar-refractivity contribution in [3.8, 4) is 0 Å². The van der Waals surface area contributed by atoms with Gasteiger partial charge in [0.05, 0.1) is 0 Å². The monoisotopic (exact) mass is 377 g/mol. The molecule has 0 atom stereocenters. The summed E-state index contributed by atoms with van der Waals surface area (Å²) in [6.45, 7) is 3.44. The summed E-state index contributed by atoms with van der Waals surface area (Å²) < 4.78 is 2.40. The third-order valence-electron chi connectivity index (χ3n) is 4.54. The number of nitrogens with zero attached hydrogens (tertiary/aromatic N) is 1. The number of halogens is 1. The largest absolute Gasteiger partial charge is 1.00 e. The van der Waals surface area contributed by atoms with Crippen molar-refractivity contribution in [2.75, 3.05) is 0 Å². The van der Waals surface area contributed by atoms with E-state index in [9.17, 15) is 0 Å². The Labute approximate surface area is 152 Å². The van der Waals surface area contributed by atoms with E-state index in [0.717, 1.165) is 6.54 Å². The molecule has 0 aliphatic rings. The van der Waals surface area contributed by atoms with Gasteiger partial charge in [0.15, 0.2) is 6.20 Å². The lowest BCUT2D eigenvalue weighted by molar-refractivity contribution is -0.671. The van der Waals surface area contributed by atoms with Gasteiger partial charge in [-0.1, -0.05) is 70.4 Å². The lowest BCUT2D eigenvalue weighted by Gasteiger charge is -2.03. The van der Waals surface area contributed by atoms with E-state index in [2.05, 4.69) is 54.1 Å². The van der Waals surface area contributed by atoms with Crippen LogP contribution in [0.1, 0.15) is 71.1 Å². The second-order valence-corrected chi connectivity index (χ2v) is 6.44. The summed E-state index contributed by atoms with van der Waals surface area (Å²) in [6, 6.07) is 13.0. The fraction of sp³-hybridized carbons (Fsp3) is 0.571. The predicted octanol–water partition coefficient (Wildman–Crippen LogP) is 3.05. The van der Waals surface area contributed by atoms with E-state index in [1.165, 1.54) is 75.1 Å². The highest BCUT2D eigenvalue weighted by Gasteiger charge is 2.06. The number of para-hydroxylation sites is 1. The first-order chi connectivity index (χ1) is 10.9. The van der Waals surface area contributed by atoms with Crippen molar-refractivity contribution in [1.29, 1.82) is 0 Å². The minimum atomic E-state index is 0. The number of rotatable bonds is 11. The summed E-state index contributed by atoms with van der Waals surface area (Å²) in [4.78, 5) is 0. The molecule has 128 valence electrons. The van der Waals surface area contributed by atoms with Gasteiger partial charge in [-0.3, -0.25) is 0 Å². The van der Waals surface area contributed by atoms with Gasteiger partial charge in [-0.2, -0.15) is 4.57 Å². The molecular formula is C21H32BrN. The molecule has 0 saturated heterocycles. The van der Waals surface area contributed by atoms with Crippen LogP contribution in [0.3, 0.4) is 0 Å². The van der Waals surface area contributed by atoms with Crippen molar-refractivity contribution in [1.82, 2.24) is 0 Å². The lowest BCUT2D eigenvalue weighted by atomic mass is 10.1. The highest BCUT2D eigenvalue weighted by atomic mass is 79.9. The molecule has 1 nitrogen and oxygen atoms in total. The summed E-state index contributed by atoms with van der Waals surface area (Å²) in [6.07, 6.45) is 16.2. The van der Waals surface area contributed by atoms with Crippen molar-refractivity contribution < 1.29 is 21.5 Å². The Morgan fingerprint density at radius 3 is 1.96 bits per heavy atom. The van der Waals surface area contributed by atoms with E-state index in [4.69, 9.17) is 0 Å². The van der Waals surface area contributed by atoms with Gasteiger partial charge in [0.25, 0.3) is 0 Å². The number of hydrogen-bond acceptors (Lipinski definition) is 0. The van der Waals surface area contributed by atoms with Crippen LogP contribution in [-0.2, 0) is 6.54 Å². The van der Waals surface area contributed by atoms with Crippen molar-refractivity contribution in [3.05, 3.63) is 42.6 Å². The Morgan fingerprint density at radius 1 is 0.696 bits per heavy atom. The van der Waals surface area contributed by atoms with E-state index in [-0.39, 0.29) is 17.0 Å². The Morgan fingerprint density at radius 2 is 1.26 bits per heavy atom. The number of benzene rings is 1. The predicted molar refractivity (Wildman–Crippen MR) is 96.0 cm³/mol. The number of aromatic nitrogens is 1. The summed E-state index contributed by atoms with van der Waals surface area (Å²) in [7, 11) is 0. The smallest absolute Gasteiger partial charge is 0.212 e. The molecule has 2 aromatic rings. The first-order valence-electron chi connectivity index (χ1n) is 9.29. The zero-order valence-corrected chi connectivity index (χ0v) is 16.2. The Kier molecular flexibility index (Phi) is 11.0. The molecule has 2 rings (SSSR count). The number of unbranched alkanes of at least 4 members (excludes halogenated alkanes) is 9. The molecular weight excluding hydrogens is 346 g/mol. The van der Waals surface area contributed by atoms with Gasteiger partial charge < -0.3 is 17.0 Å². The maximum atomic E-state index is 2.40. The molecule has 0 N–H and O–H groups in total. The minimum Gasteiger partial charge on any atom is -1.00 e. The van der Waals surface area contributed by atoms with Gasteiger partial charge in [-0.05, 0) is 18.6 Å². The average molecular weight is 378 g/mol. The van der Waals surface area contributed by atoms with Gasteiger partial charge in [0.2, 0.25) is 5.52 Å². The topological polar surface area (TPSA) is 3.88 Å². The zero-order valence-electron chi connectivity index (χ0n) is 14.6. The van der Waals surface area contributed by atoms with Crippen LogP contribution < -0.4 is 21.5 Å². The Balaban J connectivity index is 0.00000264. The summed E-state index contributed by atoms with van der Waals surface area (Å²) in [5.41, 5.74) is 1.36. The van der Waals surface area contributed by atoms with Crippen LogP contribution in [0.15, 0.2) is 42.6 Å². The molecule has 0 aliphatic carbocycles. The van der Waals surface area contributed by atoms with Gasteiger partial charge >= 0.3 is 0 Å². The number of fused-ring (bicyclic) bond motifs is 1. The van der Waals surface area contributed by atoms with Crippen molar-refractivity contribution >= 4 is 10.9 Å². The summed E-state index contributed by atoms with van der Waals surface area (Å²) >= 11 is 0. The molecule has 0 amide bonds. The normalized spacial score (nSPS) is 10.7. The molecule has 1 aromatic carbocycles. The van der Waals surface area contributed by atoms with Crippen LogP contribution in [-0.4, -0.2) is 0 Å². The minimum absolute atomic E-state index is 0. The first-order valence-corrected chi connectivity index (χ1v) is 9.29. The second-order valence-electron chi connectivity index (χ2n) is 6.44. The molecule has 0 unspecified atom stereocenters. The molecule has 1 heterocycles. The van der Waals surface area contributed by atoms with Crippen molar-refractivity contribution in [2.24, 2.45) is 0 Å². The van der Waals surface area contributed by atoms with Gasteiger partial charge in [0, 0.05) is 23.9 Å². The molecule has 0 bridgehead atoms. The SMILES string of the molecule is CCCCCCCCCCCC[n+]1cccc2ccccc21.[Br-]. The van der Waals surface area contributed by atoms with Crippen LogP contribution in [0, 0.1) is 0 Å². The highest BCUT2D eigenvalue weighted by molar-refractivity contribution is 5.74. The van der Waals surface area contributed by atoms with E-state index < -0.39 is 0 Å². The van der Waals surface area contributed by atoms with Crippen LogP contribution >= 0.6 is 0 Å². The molecule has 0 radical (unpaired) electrons. The summed E-state index contributed by atoms with van der Waals surface area (Å²) in [5.74, 6) is 0. The van der Waals surface area contributed by atoms with E-state index >= 15 is 0 Å². The molecule has 0 saturated carbocycles. The summed E-state index contributed by atoms with van der Waals surface area (Å²) in [5, 5.41) is 1.34. The molecule has 0 aliphatic heterocycles. The van der Waals surface area contributed by atoms with Crippen LogP contribution in [0.25, 0.3) is 10.9 Å². The van der Waals surface area contributed by atoms with E-state index in [0.29, 0.717) is 0 Å². The Hall–Kier alpha value is -0.890. The van der Waals surface area contributed by atoms with Crippen LogP contribution in [0.2, 0.25) is 0 Å². The second kappa shape index (κ2) is 12.5. The lowest BCUT2D eigenvalue weighted by Crippen LogP contribution is -3.00. The number of hydrogen-bond donors (Lipinski definition) is 0. The average Bonchev–Trinajstić information content (AvgIpc) is 2.56. The van der Waals surface area contributed by atoms with Crippen LogP contribution in [0.4, 0.5) is 0 Å². The highest BCUT2D eigenvalue weighted by Crippen LogP contribution is 2.11. The zero-order chi connectivity index (χ0) is 15.5. The maximum absolute atomic E-state index is 2.40. The third kappa shape index (κ3) is 7.48. The quantitative estimate of drug-likeness (QED) is 0.418. The van der Waals surface area contributed by atoms with Crippen LogP contribution in [0.5, 0.6) is 0 Å². The fourth-order valence-electron chi connectivity index (χ4n) is 3.19. The van der Waals surface area contributed by atoms with Gasteiger partial charge in [-0.25, -0.2) is 0 Å². The first kappa shape index (κ1) is 20.2. The molecule has 2 heteroatoms. The molecule has 0 fully saturated rings. The fourth-order valence-corrected chi connectivity index (χ4v) is 3.19. The number of pyridine rings is 1. The molecule has 0 spiro atoms. The van der Waals surface area contributed by atoms with E-state index in [1.807, 2.05) is 0 Å². The third-order valence-corrected chi connectivity index (χ3v) is 4.54. The van der Waals surface area contributed by atoms with Crippen molar-refractivity contribution in [2.45, 2.75) is 77.7 Å². The van der Waals surface area contributed by atoms with Crippen molar-refractivity contribution in [3.63, 3.8) is 0 Å². The van der Waals surface area contributed by atoms with Gasteiger partial charge in [0.1, 0.15) is 6.54 Å². The maximum Gasteiger partial charge on any atom is 0.212 e.